The van der Waals surface area contributed by atoms with E-state index in [0.717, 1.165) is 10.9 Å². The van der Waals surface area contributed by atoms with Gasteiger partial charge >= 0.3 is 0 Å². The van der Waals surface area contributed by atoms with Crippen molar-refractivity contribution < 1.29 is 4.79 Å². The molecule has 0 aliphatic heterocycles. The van der Waals surface area contributed by atoms with Gasteiger partial charge in [-0.15, -0.1) is 0 Å². The van der Waals surface area contributed by atoms with Crippen molar-refractivity contribution in [1.29, 1.82) is 0 Å². The highest BCUT2D eigenvalue weighted by molar-refractivity contribution is 9.10. The molecule has 0 radical (unpaired) electrons. The first kappa shape index (κ1) is 12.9. The molecule has 1 atom stereocenters. The monoisotopic (exact) mass is 334 g/mol. The van der Waals surface area contributed by atoms with Crippen molar-refractivity contribution in [2.45, 2.75) is 18.8 Å². The molecule has 1 aliphatic carbocycles. The number of ketones is 1. The number of carbonyl (C=O) groups is 1. The summed E-state index contributed by atoms with van der Waals surface area (Å²) in [5.41, 5.74) is 3.41. The van der Waals surface area contributed by atoms with Gasteiger partial charge in [-0.3, -0.25) is 4.79 Å². The highest BCUT2D eigenvalue weighted by Crippen LogP contribution is 2.38. The molecule has 19 heavy (non-hydrogen) atoms. The largest absolute Gasteiger partial charge is 0.294 e. The van der Waals surface area contributed by atoms with Gasteiger partial charge in [0.05, 0.1) is 0 Å². The van der Waals surface area contributed by atoms with Gasteiger partial charge in [0.1, 0.15) is 0 Å². The van der Waals surface area contributed by atoms with Crippen molar-refractivity contribution in [1.82, 2.24) is 0 Å². The number of hydrogen-bond donors (Lipinski definition) is 0. The van der Waals surface area contributed by atoms with E-state index in [1.54, 1.807) is 18.2 Å². The predicted octanol–water partition coefficient (Wildman–Crippen LogP) is 5.02. The van der Waals surface area contributed by atoms with E-state index in [2.05, 4.69) is 28.1 Å². The molecule has 1 nitrogen and oxygen atoms in total. The third-order valence-electron chi connectivity index (χ3n) is 3.62. The van der Waals surface area contributed by atoms with Crippen molar-refractivity contribution in [2.75, 3.05) is 0 Å². The Morgan fingerprint density at radius 2 is 2.05 bits per heavy atom. The Morgan fingerprint density at radius 3 is 2.79 bits per heavy atom. The van der Waals surface area contributed by atoms with Crippen LogP contribution in [0.25, 0.3) is 0 Å². The first-order chi connectivity index (χ1) is 9.15. The Bertz CT molecular complexity index is 651. The Hall–Kier alpha value is -1.12. The molecule has 1 unspecified atom stereocenters. The van der Waals surface area contributed by atoms with E-state index in [0.29, 0.717) is 22.9 Å². The van der Waals surface area contributed by atoms with Crippen LogP contribution in [-0.4, -0.2) is 5.78 Å². The molecular formula is C16H12BrClO. The van der Waals surface area contributed by atoms with Gasteiger partial charge in [-0.2, -0.15) is 0 Å². The first-order valence-corrected chi connectivity index (χ1v) is 7.38. The van der Waals surface area contributed by atoms with Gasteiger partial charge in [0.15, 0.2) is 5.78 Å². The lowest BCUT2D eigenvalue weighted by Gasteiger charge is -2.29. The summed E-state index contributed by atoms with van der Waals surface area (Å²) in [6, 6.07) is 13.7. The summed E-state index contributed by atoms with van der Waals surface area (Å²) >= 11 is 9.30. The van der Waals surface area contributed by atoms with Crippen LogP contribution in [0.1, 0.15) is 33.8 Å². The second-order valence-electron chi connectivity index (χ2n) is 4.85. The molecule has 3 heteroatoms. The van der Waals surface area contributed by atoms with Crippen LogP contribution in [0, 0.1) is 0 Å². The van der Waals surface area contributed by atoms with Gasteiger partial charge in [-0.1, -0.05) is 35.9 Å². The number of rotatable bonds is 3. The smallest absolute Gasteiger partial charge is 0.164 e. The van der Waals surface area contributed by atoms with Crippen molar-refractivity contribution in [3.63, 3.8) is 0 Å². The third-order valence-corrected chi connectivity index (χ3v) is 4.52. The molecule has 0 heterocycles. The van der Waals surface area contributed by atoms with Crippen LogP contribution in [0.15, 0.2) is 46.9 Å². The average Bonchev–Trinajstić information content (AvgIpc) is 2.35. The maximum Gasteiger partial charge on any atom is 0.164 e. The molecule has 2 aromatic rings. The Labute approximate surface area is 125 Å². The number of carbonyl (C=O) groups excluding carboxylic acids is 1. The lowest BCUT2D eigenvalue weighted by atomic mass is 9.74. The fourth-order valence-electron chi connectivity index (χ4n) is 2.59. The summed E-state index contributed by atoms with van der Waals surface area (Å²) in [5, 5.41) is 0.636. The second-order valence-corrected chi connectivity index (χ2v) is 6.14. The van der Waals surface area contributed by atoms with Gasteiger partial charge in [0.25, 0.3) is 0 Å². The highest BCUT2D eigenvalue weighted by atomic mass is 79.9. The standard InChI is InChI=1S/C16H12BrClO/c17-15-9-12(18)5-6-14(15)16(19)8-11-7-10-3-1-2-4-13(10)11/h1-6,9,11H,7-8H2. The van der Waals surface area contributed by atoms with E-state index < -0.39 is 0 Å². The zero-order valence-electron chi connectivity index (χ0n) is 10.2. The van der Waals surface area contributed by atoms with Crippen LogP contribution >= 0.6 is 27.5 Å². The van der Waals surface area contributed by atoms with Gasteiger partial charge in [0, 0.05) is 21.5 Å². The highest BCUT2D eigenvalue weighted by Gasteiger charge is 2.28. The van der Waals surface area contributed by atoms with Crippen LogP contribution in [-0.2, 0) is 6.42 Å². The molecule has 0 N–H and O–H groups in total. The van der Waals surface area contributed by atoms with E-state index in [-0.39, 0.29) is 5.78 Å². The van der Waals surface area contributed by atoms with Gasteiger partial charge in [0.2, 0.25) is 0 Å². The number of benzene rings is 2. The van der Waals surface area contributed by atoms with Gasteiger partial charge in [-0.05, 0) is 57.6 Å². The Kier molecular flexibility index (Phi) is 3.46. The minimum Gasteiger partial charge on any atom is -0.294 e. The molecule has 0 spiro atoms. The van der Waals surface area contributed by atoms with Crippen molar-refractivity contribution in [3.05, 3.63) is 68.7 Å². The summed E-state index contributed by atoms with van der Waals surface area (Å²) in [6.45, 7) is 0. The first-order valence-electron chi connectivity index (χ1n) is 6.21. The summed E-state index contributed by atoms with van der Waals surface area (Å²) in [6.07, 6.45) is 1.57. The van der Waals surface area contributed by atoms with E-state index in [1.807, 2.05) is 12.1 Å². The zero-order chi connectivity index (χ0) is 13.4. The topological polar surface area (TPSA) is 17.1 Å². The summed E-state index contributed by atoms with van der Waals surface area (Å²) in [7, 11) is 0. The molecule has 0 bridgehead atoms. The molecule has 0 aromatic heterocycles. The van der Waals surface area contributed by atoms with Crippen LogP contribution in [0.5, 0.6) is 0 Å². The Morgan fingerprint density at radius 1 is 1.26 bits per heavy atom. The normalized spacial score (nSPS) is 16.6. The van der Waals surface area contributed by atoms with E-state index in [1.165, 1.54) is 11.1 Å². The molecule has 0 saturated carbocycles. The van der Waals surface area contributed by atoms with E-state index in [4.69, 9.17) is 11.6 Å². The number of hydrogen-bond acceptors (Lipinski definition) is 1. The SMILES string of the molecule is O=C(CC1Cc2ccccc21)c1ccc(Cl)cc1Br. The summed E-state index contributed by atoms with van der Waals surface area (Å²) < 4.78 is 0.776. The molecule has 0 amide bonds. The molecule has 96 valence electrons. The third kappa shape index (κ3) is 2.47. The number of fused-ring (bicyclic) bond motifs is 1. The molecular weight excluding hydrogens is 324 g/mol. The van der Waals surface area contributed by atoms with Crippen molar-refractivity contribution in [2.24, 2.45) is 0 Å². The van der Waals surface area contributed by atoms with E-state index in [9.17, 15) is 4.79 Å². The Balaban J connectivity index is 1.77. The summed E-state index contributed by atoms with van der Waals surface area (Å²) in [5.74, 6) is 0.536. The molecule has 0 saturated heterocycles. The van der Waals surface area contributed by atoms with Crippen LogP contribution in [0.4, 0.5) is 0 Å². The van der Waals surface area contributed by atoms with Crippen LogP contribution in [0.3, 0.4) is 0 Å². The molecule has 3 rings (SSSR count). The van der Waals surface area contributed by atoms with Crippen LogP contribution in [0.2, 0.25) is 5.02 Å². The van der Waals surface area contributed by atoms with Crippen molar-refractivity contribution in [3.8, 4) is 0 Å². The minimum absolute atomic E-state index is 0.169. The van der Waals surface area contributed by atoms with Crippen LogP contribution < -0.4 is 0 Å². The molecule has 0 fully saturated rings. The van der Waals surface area contributed by atoms with Crippen molar-refractivity contribution >= 4 is 33.3 Å². The molecule has 1 aliphatic rings. The number of halogens is 2. The average molecular weight is 336 g/mol. The van der Waals surface area contributed by atoms with E-state index >= 15 is 0 Å². The fourth-order valence-corrected chi connectivity index (χ4v) is 3.50. The maximum atomic E-state index is 12.3. The predicted molar refractivity (Wildman–Crippen MR) is 81.0 cm³/mol. The fraction of sp³-hybridized carbons (Fsp3) is 0.188. The maximum absolute atomic E-state index is 12.3. The lowest BCUT2D eigenvalue weighted by molar-refractivity contribution is 0.0970. The van der Waals surface area contributed by atoms with Gasteiger partial charge < -0.3 is 0 Å². The number of Topliss-reactive ketones (excluding diaryl/α,β-unsaturated/α-hetero) is 1. The quantitative estimate of drug-likeness (QED) is 0.720. The van der Waals surface area contributed by atoms with Gasteiger partial charge in [-0.25, -0.2) is 0 Å². The molecule has 2 aromatic carbocycles. The minimum atomic E-state index is 0.169. The summed E-state index contributed by atoms with van der Waals surface area (Å²) in [4.78, 5) is 12.3. The second kappa shape index (κ2) is 5.10. The lowest BCUT2D eigenvalue weighted by Crippen LogP contribution is -2.20. The zero-order valence-corrected chi connectivity index (χ0v) is 12.5.